The first-order chi connectivity index (χ1) is 10.1. The number of hydrogen-bond donors (Lipinski definition) is 1. The summed E-state index contributed by atoms with van der Waals surface area (Å²) >= 11 is 0. The normalized spacial score (nSPS) is 37.0. The smallest absolute Gasteiger partial charge is 0.245 e. The van der Waals surface area contributed by atoms with Gasteiger partial charge in [-0.2, -0.15) is 0 Å². The van der Waals surface area contributed by atoms with Crippen LogP contribution in [0.15, 0.2) is 0 Å². The summed E-state index contributed by atoms with van der Waals surface area (Å²) in [7, 11) is 0. The topological polar surface area (TPSA) is 58.6 Å². The molecule has 4 unspecified atom stereocenters. The summed E-state index contributed by atoms with van der Waals surface area (Å²) in [6.07, 6.45) is 6.14. The molecule has 0 aromatic carbocycles. The van der Waals surface area contributed by atoms with Crippen molar-refractivity contribution in [3.63, 3.8) is 0 Å². The molecule has 0 spiro atoms. The zero-order valence-electron chi connectivity index (χ0n) is 13.0. The molecule has 2 aliphatic heterocycles. The lowest BCUT2D eigenvalue weighted by molar-refractivity contribution is -0.152. The van der Waals surface area contributed by atoms with Crippen molar-refractivity contribution in [3.05, 3.63) is 0 Å². The Balaban J connectivity index is 1.73. The zero-order chi connectivity index (χ0) is 15.0. The van der Waals surface area contributed by atoms with Gasteiger partial charge in [-0.25, -0.2) is 0 Å². The van der Waals surface area contributed by atoms with Crippen molar-refractivity contribution in [2.45, 2.75) is 76.7 Å². The molecule has 21 heavy (non-hydrogen) atoms. The van der Waals surface area contributed by atoms with Gasteiger partial charge in [-0.15, -0.1) is 0 Å². The third kappa shape index (κ3) is 3.07. The first-order valence-electron chi connectivity index (χ1n) is 8.36. The molecule has 1 aliphatic carbocycles. The molecule has 2 amide bonds. The fraction of sp³-hybridized carbons (Fsp3) is 0.875. The van der Waals surface area contributed by atoms with Crippen LogP contribution in [0.25, 0.3) is 0 Å². The molecule has 3 fully saturated rings. The Labute approximate surface area is 126 Å². The summed E-state index contributed by atoms with van der Waals surface area (Å²) in [6.45, 7) is 4.69. The fourth-order valence-electron chi connectivity index (χ4n) is 3.60. The van der Waals surface area contributed by atoms with E-state index in [1.54, 1.807) is 0 Å². The molecule has 0 bridgehead atoms. The van der Waals surface area contributed by atoms with E-state index in [1.807, 2.05) is 11.8 Å². The maximum atomic E-state index is 12.7. The highest BCUT2D eigenvalue weighted by Crippen LogP contribution is 2.38. The molecule has 1 saturated carbocycles. The third-order valence-corrected chi connectivity index (χ3v) is 4.87. The van der Waals surface area contributed by atoms with E-state index in [0.29, 0.717) is 12.5 Å². The molecular formula is C16H26N2O3. The average molecular weight is 294 g/mol. The van der Waals surface area contributed by atoms with E-state index in [4.69, 9.17) is 4.74 Å². The van der Waals surface area contributed by atoms with E-state index in [2.05, 4.69) is 12.2 Å². The summed E-state index contributed by atoms with van der Waals surface area (Å²) < 4.78 is 5.87. The number of nitrogens with zero attached hydrogens (tertiary/aromatic N) is 1. The van der Waals surface area contributed by atoms with E-state index in [0.717, 1.165) is 38.5 Å². The summed E-state index contributed by atoms with van der Waals surface area (Å²) in [6, 6.07) is -0.596. The molecule has 1 N–H and O–H groups in total. The number of piperazine rings is 1. The second kappa shape index (κ2) is 5.95. The molecule has 118 valence electrons. The van der Waals surface area contributed by atoms with Crippen molar-refractivity contribution in [1.29, 1.82) is 0 Å². The van der Waals surface area contributed by atoms with Crippen LogP contribution in [0.3, 0.4) is 0 Å². The Kier molecular flexibility index (Phi) is 4.20. The largest absolute Gasteiger partial charge is 0.373 e. The van der Waals surface area contributed by atoms with Crippen molar-refractivity contribution < 1.29 is 14.3 Å². The van der Waals surface area contributed by atoms with Gasteiger partial charge in [0.1, 0.15) is 12.1 Å². The maximum Gasteiger partial charge on any atom is 0.245 e. The first-order valence-corrected chi connectivity index (χ1v) is 8.36. The van der Waals surface area contributed by atoms with Gasteiger partial charge in [-0.3, -0.25) is 9.59 Å². The highest BCUT2D eigenvalue weighted by atomic mass is 16.5. The molecular weight excluding hydrogens is 268 g/mol. The molecule has 0 aromatic heterocycles. The van der Waals surface area contributed by atoms with Gasteiger partial charge in [0.2, 0.25) is 11.8 Å². The van der Waals surface area contributed by atoms with Gasteiger partial charge in [0.25, 0.3) is 0 Å². The lowest BCUT2D eigenvalue weighted by atomic mass is 9.99. The van der Waals surface area contributed by atoms with Crippen molar-refractivity contribution in [1.82, 2.24) is 10.2 Å². The molecule has 0 radical (unpaired) electrons. The Morgan fingerprint density at radius 3 is 2.57 bits per heavy atom. The van der Waals surface area contributed by atoms with Crippen LogP contribution in [0.4, 0.5) is 0 Å². The van der Waals surface area contributed by atoms with Gasteiger partial charge in [0, 0.05) is 6.54 Å². The van der Waals surface area contributed by atoms with Crippen LogP contribution in [0.2, 0.25) is 0 Å². The second-order valence-corrected chi connectivity index (χ2v) is 6.77. The van der Waals surface area contributed by atoms with E-state index >= 15 is 0 Å². The zero-order valence-corrected chi connectivity index (χ0v) is 13.0. The van der Waals surface area contributed by atoms with Crippen LogP contribution in [-0.2, 0) is 14.3 Å². The number of rotatable bonds is 5. The predicted octanol–water partition coefficient (Wildman–Crippen LogP) is 1.46. The molecule has 3 aliphatic rings. The lowest BCUT2D eigenvalue weighted by Crippen LogP contribution is -2.65. The van der Waals surface area contributed by atoms with Crippen LogP contribution in [0.5, 0.6) is 0 Å². The Hall–Kier alpha value is -1.10. The van der Waals surface area contributed by atoms with Crippen LogP contribution >= 0.6 is 0 Å². The lowest BCUT2D eigenvalue weighted by Gasteiger charge is -2.40. The number of carbonyl (C=O) groups is 2. The molecule has 5 nitrogen and oxygen atoms in total. The van der Waals surface area contributed by atoms with Gasteiger partial charge < -0.3 is 15.0 Å². The van der Waals surface area contributed by atoms with Gasteiger partial charge in [0.15, 0.2) is 0 Å². The molecule has 3 rings (SSSR count). The van der Waals surface area contributed by atoms with Gasteiger partial charge in [-0.1, -0.05) is 13.3 Å². The Bertz CT molecular complexity index is 422. The first kappa shape index (κ1) is 14.8. The minimum Gasteiger partial charge on any atom is -0.373 e. The number of hydrogen-bond acceptors (Lipinski definition) is 3. The van der Waals surface area contributed by atoms with Crippen LogP contribution < -0.4 is 5.32 Å². The highest BCUT2D eigenvalue weighted by Gasteiger charge is 2.48. The van der Waals surface area contributed by atoms with E-state index in [9.17, 15) is 9.59 Å². The van der Waals surface area contributed by atoms with E-state index in [1.165, 1.54) is 0 Å². The van der Waals surface area contributed by atoms with Crippen molar-refractivity contribution in [2.75, 3.05) is 6.54 Å². The third-order valence-electron chi connectivity index (χ3n) is 4.87. The van der Waals surface area contributed by atoms with E-state index in [-0.39, 0.29) is 36.1 Å². The molecule has 0 aromatic rings. The molecule has 4 atom stereocenters. The number of nitrogens with one attached hydrogen (secondary N) is 1. The minimum atomic E-state index is -0.337. The maximum absolute atomic E-state index is 12.7. The Morgan fingerprint density at radius 2 is 2.00 bits per heavy atom. The monoisotopic (exact) mass is 294 g/mol. The van der Waals surface area contributed by atoms with E-state index < -0.39 is 0 Å². The number of ether oxygens (including phenoxy) is 1. The second-order valence-electron chi connectivity index (χ2n) is 6.77. The van der Waals surface area contributed by atoms with Gasteiger partial charge in [-0.05, 0) is 44.9 Å². The summed E-state index contributed by atoms with van der Waals surface area (Å²) in [5, 5.41) is 2.93. The average Bonchev–Trinajstić information content (AvgIpc) is 3.18. The van der Waals surface area contributed by atoms with Crippen LogP contribution in [0.1, 0.15) is 52.4 Å². The molecule has 5 heteroatoms. The number of carbonyl (C=O) groups excluding carboxylic acids is 2. The van der Waals surface area contributed by atoms with Crippen molar-refractivity contribution in [3.8, 4) is 0 Å². The summed E-state index contributed by atoms with van der Waals surface area (Å²) in [5.41, 5.74) is 0. The minimum absolute atomic E-state index is 0.0431. The fourth-order valence-corrected chi connectivity index (χ4v) is 3.60. The SMILES string of the molecule is CCCC1NC(=O)C(C2CC2)N(CC2CCC(C)O2)C1=O. The summed E-state index contributed by atoms with van der Waals surface area (Å²) in [4.78, 5) is 27.0. The van der Waals surface area contributed by atoms with Crippen LogP contribution in [-0.4, -0.2) is 47.6 Å². The standard InChI is InChI=1S/C16H26N2O3/c1-3-4-13-16(20)18(9-12-8-5-10(2)21-12)14(11-6-7-11)15(19)17-13/h10-14H,3-9H2,1-2H3,(H,17,19). The highest BCUT2D eigenvalue weighted by molar-refractivity contribution is 5.97. The summed E-state index contributed by atoms with van der Waals surface area (Å²) in [5.74, 6) is 0.494. The predicted molar refractivity (Wildman–Crippen MR) is 78.6 cm³/mol. The van der Waals surface area contributed by atoms with Gasteiger partial charge in [0.05, 0.1) is 12.2 Å². The van der Waals surface area contributed by atoms with Gasteiger partial charge >= 0.3 is 0 Å². The quantitative estimate of drug-likeness (QED) is 0.835. The Morgan fingerprint density at radius 1 is 1.24 bits per heavy atom. The van der Waals surface area contributed by atoms with Crippen molar-refractivity contribution in [2.24, 2.45) is 5.92 Å². The molecule has 2 saturated heterocycles. The van der Waals surface area contributed by atoms with Crippen molar-refractivity contribution >= 4 is 11.8 Å². The molecule has 2 heterocycles. The number of amides is 2. The van der Waals surface area contributed by atoms with Crippen LogP contribution in [0, 0.1) is 5.92 Å².